The summed E-state index contributed by atoms with van der Waals surface area (Å²) in [5, 5.41) is 13.6. The van der Waals surface area contributed by atoms with Crippen molar-refractivity contribution in [2.45, 2.75) is 44.6 Å². The Morgan fingerprint density at radius 3 is 2.50 bits per heavy atom. The van der Waals surface area contributed by atoms with E-state index in [1.54, 1.807) is 0 Å². The molecule has 118 valence electrons. The first kappa shape index (κ1) is 16.2. The molecule has 0 amide bonds. The first-order valence-corrected chi connectivity index (χ1v) is 8.32. The van der Waals surface area contributed by atoms with Crippen LogP contribution in [0.3, 0.4) is 0 Å². The Balaban J connectivity index is 1.85. The van der Waals surface area contributed by atoms with Crippen LogP contribution in [0, 0.1) is 11.8 Å². The van der Waals surface area contributed by atoms with Gasteiger partial charge < -0.3 is 20.1 Å². The summed E-state index contributed by atoms with van der Waals surface area (Å²) in [6, 6.07) is 0. The first-order chi connectivity index (χ1) is 9.70. The van der Waals surface area contributed by atoms with Gasteiger partial charge in [-0.2, -0.15) is 0 Å². The Labute approximate surface area is 123 Å². The van der Waals surface area contributed by atoms with Gasteiger partial charge in [0.25, 0.3) is 0 Å². The van der Waals surface area contributed by atoms with Crippen LogP contribution in [0.4, 0.5) is 0 Å². The molecule has 1 aliphatic heterocycles. The van der Waals surface area contributed by atoms with Gasteiger partial charge in [-0.05, 0) is 57.5 Å². The lowest BCUT2D eigenvalue weighted by Crippen LogP contribution is -2.58. The van der Waals surface area contributed by atoms with Crippen LogP contribution < -0.4 is 5.32 Å². The number of rotatable bonds is 9. The van der Waals surface area contributed by atoms with Gasteiger partial charge in [0.05, 0.1) is 12.1 Å². The fourth-order valence-electron chi connectivity index (χ4n) is 3.49. The van der Waals surface area contributed by atoms with E-state index in [1.165, 1.54) is 25.7 Å². The molecule has 0 spiro atoms. The Morgan fingerprint density at radius 1 is 1.25 bits per heavy atom. The fourth-order valence-corrected chi connectivity index (χ4v) is 3.49. The summed E-state index contributed by atoms with van der Waals surface area (Å²) in [6.07, 6.45) is 6.02. The highest BCUT2D eigenvalue weighted by molar-refractivity contribution is 5.02. The topological polar surface area (TPSA) is 44.7 Å². The number of hydrogen-bond donors (Lipinski definition) is 2. The zero-order chi connectivity index (χ0) is 14.4. The second-order valence-electron chi connectivity index (χ2n) is 6.77. The van der Waals surface area contributed by atoms with Crippen molar-refractivity contribution in [2.24, 2.45) is 11.8 Å². The van der Waals surface area contributed by atoms with Crippen LogP contribution in [0.15, 0.2) is 0 Å². The molecule has 1 aliphatic carbocycles. The van der Waals surface area contributed by atoms with Crippen LogP contribution in [0.25, 0.3) is 0 Å². The third-order valence-corrected chi connectivity index (χ3v) is 4.83. The van der Waals surface area contributed by atoms with Gasteiger partial charge in [0.2, 0.25) is 0 Å². The van der Waals surface area contributed by atoms with Gasteiger partial charge >= 0.3 is 0 Å². The van der Waals surface area contributed by atoms with Crippen LogP contribution in [0.2, 0.25) is 0 Å². The lowest BCUT2D eigenvalue weighted by molar-refractivity contribution is 0.0446. The van der Waals surface area contributed by atoms with Crippen LogP contribution in [0.1, 0.15) is 39.0 Å². The van der Waals surface area contributed by atoms with E-state index in [0.29, 0.717) is 5.92 Å². The molecule has 4 heteroatoms. The fraction of sp³-hybridized carbons (Fsp3) is 1.00. The van der Waals surface area contributed by atoms with Crippen molar-refractivity contribution in [2.75, 3.05) is 46.5 Å². The summed E-state index contributed by atoms with van der Waals surface area (Å²) in [6.45, 7) is 7.38. The van der Waals surface area contributed by atoms with Gasteiger partial charge in [-0.15, -0.1) is 0 Å². The lowest BCUT2D eigenvalue weighted by atomic mass is 9.92. The largest absolute Gasteiger partial charge is 0.394 e. The predicted octanol–water partition coefficient (Wildman–Crippen LogP) is 1.49. The number of aliphatic hydroxyl groups excluding tert-OH is 1. The summed E-state index contributed by atoms with van der Waals surface area (Å²) >= 11 is 0. The monoisotopic (exact) mass is 284 g/mol. The molecular formula is C16H32N2O2. The minimum absolute atomic E-state index is 0.0735. The Bertz CT molecular complexity index is 278. The highest BCUT2D eigenvalue weighted by Crippen LogP contribution is 2.40. The van der Waals surface area contributed by atoms with Crippen molar-refractivity contribution in [3.63, 3.8) is 0 Å². The predicted molar refractivity (Wildman–Crippen MR) is 81.9 cm³/mol. The summed E-state index contributed by atoms with van der Waals surface area (Å²) in [4.78, 5) is 2.42. The molecule has 2 fully saturated rings. The lowest BCUT2D eigenvalue weighted by Gasteiger charge is -2.38. The summed E-state index contributed by atoms with van der Waals surface area (Å²) in [5.41, 5.74) is -0.0735. The van der Waals surface area contributed by atoms with Crippen molar-refractivity contribution in [1.82, 2.24) is 10.2 Å². The summed E-state index contributed by atoms with van der Waals surface area (Å²) < 4.78 is 5.43. The zero-order valence-corrected chi connectivity index (χ0v) is 13.2. The number of hydrogen-bond acceptors (Lipinski definition) is 4. The molecule has 4 nitrogen and oxygen atoms in total. The molecule has 1 saturated heterocycles. The number of aliphatic hydroxyl groups is 1. The molecule has 2 rings (SSSR count). The second-order valence-corrected chi connectivity index (χ2v) is 6.77. The van der Waals surface area contributed by atoms with Gasteiger partial charge in [0, 0.05) is 26.3 Å². The molecule has 20 heavy (non-hydrogen) atoms. The van der Waals surface area contributed by atoms with Crippen LogP contribution in [0.5, 0.6) is 0 Å². The number of ether oxygens (including phenoxy) is 1. The maximum absolute atomic E-state index is 9.96. The van der Waals surface area contributed by atoms with Crippen molar-refractivity contribution in [3.8, 4) is 0 Å². The molecule has 0 bridgehead atoms. The Hall–Kier alpha value is -0.160. The number of nitrogens with one attached hydrogen (secondary N) is 1. The molecule has 2 aliphatic rings. The smallest absolute Gasteiger partial charge is 0.0628 e. The average Bonchev–Trinajstić information content (AvgIpc) is 3.29. The maximum Gasteiger partial charge on any atom is 0.0628 e. The Morgan fingerprint density at radius 2 is 1.95 bits per heavy atom. The second kappa shape index (κ2) is 7.74. The van der Waals surface area contributed by atoms with E-state index in [4.69, 9.17) is 4.74 Å². The van der Waals surface area contributed by atoms with Gasteiger partial charge in [-0.25, -0.2) is 0 Å². The van der Waals surface area contributed by atoms with Crippen LogP contribution in [-0.4, -0.2) is 62.0 Å². The molecule has 1 atom stereocenters. The molecule has 1 unspecified atom stereocenters. The normalized spacial score (nSPS) is 24.0. The van der Waals surface area contributed by atoms with Gasteiger partial charge in [-0.1, -0.05) is 6.92 Å². The van der Waals surface area contributed by atoms with Crippen molar-refractivity contribution in [1.29, 1.82) is 0 Å². The number of nitrogens with zero attached hydrogens (tertiary/aromatic N) is 1. The zero-order valence-electron chi connectivity index (χ0n) is 13.2. The standard InChI is InChI=1S/C16H32N2O2/c1-3-8-17-16(13-19,15-4-5-15)12-18(2)11-14-6-9-20-10-7-14/h14-15,17,19H,3-13H2,1-2H3. The molecule has 0 aromatic carbocycles. The number of likely N-dealkylation sites (N-methyl/N-ethyl adjacent to an activating group) is 1. The van der Waals surface area contributed by atoms with E-state index >= 15 is 0 Å². The van der Waals surface area contributed by atoms with E-state index in [9.17, 15) is 5.11 Å². The molecule has 0 radical (unpaired) electrons. The molecule has 1 heterocycles. The quantitative estimate of drug-likeness (QED) is 0.673. The minimum Gasteiger partial charge on any atom is -0.394 e. The molecule has 0 aromatic rings. The molecule has 2 N–H and O–H groups in total. The van der Waals surface area contributed by atoms with E-state index in [-0.39, 0.29) is 12.1 Å². The van der Waals surface area contributed by atoms with Crippen LogP contribution >= 0.6 is 0 Å². The van der Waals surface area contributed by atoms with E-state index < -0.39 is 0 Å². The third-order valence-electron chi connectivity index (χ3n) is 4.83. The highest BCUT2D eigenvalue weighted by Gasteiger charge is 2.45. The highest BCUT2D eigenvalue weighted by atomic mass is 16.5. The van der Waals surface area contributed by atoms with Crippen LogP contribution in [-0.2, 0) is 4.74 Å². The molecule has 0 aromatic heterocycles. The molecular weight excluding hydrogens is 252 g/mol. The van der Waals surface area contributed by atoms with Crippen molar-refractivity contribution < 1.29 is 9.84 Å². The maximum atomic E-state index is 9.96. The first-order valence-electron chi connectivity index (χ1n) is 8.32. The van der Waals surface area contributed by atoms with E-state index in [0.717, 1.165) is 45.2 Å². The summed E-state index contributed by atoms with van der Waals surface area (Å²) in [5.74, 6) is 1.42. The van der Waals surface area contributed by atoms with Crippen molar-refractivity contribution in [3.05, 3.63) is 0 Å². The summed E-state index contributed by atoms with van der Waals surface area (Å²) in [7, 11) is 2.20. The average molecular weight is 284 g/mol. The van der Waals surface area contributed by atoms with Gasteiger partial charge in [-0.3, -0.25) is 0 Å². The molecule has 1 saturated carbocycles. The minimum atomic E-state index is -0.0735. The van der Waals surface area contributed by atoms with E-state index in [1.807, 2.05) is 0 Å². The van der Waals surface area contributed by atoms with Gasteiger partial charge in [0.15, 0.2) is 0 Å². The van der Waals surface area contributed by atoms with Gasteiger partial charge in [0.1, 0.15) is 0 Å². The Kier molecular flexibility index (Phi) is 6.27. The SMILES string of the molecule is CCCNC(CO)(CN(C)CC1CCOCC1)C1CC1. The van der Waals surface area contributed by atoms with Crippen molar-refractivity contribution >= 4 is 0 Å². The van der Waals surface area contributed by atoms with E-state index in [2.05, 4.69) is 24.2 Å². The third kappa shape index (κ3) is 4.42.